The number of hydrogen-bond acceptors (Lipinski definition) is 3. The molecule has 1 aliphatic carbocycles. The SMILES string of the molecule is Cc1cn(C2CCCC2)c(NCc2cnn(C)c2)n1. The maximum atomic E-state index is 4.60. The number of nitrogens with one attached hydrogen (secondary N) is 1. The zero-order valence-electron chi connectivity index (χ0n) is 11.6. The van der Waals surface area contributed by atoms with Crippen molar-refractivity contribution < 1.29 is 0 Å². The number of hydrogen-bond donors (Lipinski definition) is 1. The third-order valence-electron chi connectivity index (χ3n) is 3.78. The number of nitrogens with zero attached hydrogens (tertiary/aromatic N) is 4. The summed E-state index contributed by atoms with van der Waals surface area (Å²) in [6, 6.07) is 0.623. The summed E-state index contributed by atoms with van der Waals surface area (Å²) < 4.78 is 4.14. The molecule has 1 N–H and O–H groups in total. The quantitative estimate of drug-likeness (QED) is 0.918. The predicted molar refractivity (Wildman–Crippen MR) is 75.0 cm³/mol. The minimum absolute atomic E-state index is 0.623. The molecule has 3 rings (SSSR count). The average molecular weight is 259 g/mol. The summed E-state index contributed by atoms with van der Waals surface area (Å²) in [4.78, 5) is 4.60. The van der Waals surface area contributed by atoms with Crippen molar-refractivity contribution in [3.05, 3.63) is 29.8 Å². The van der Waals surface area contributed by atoms with Crippen LogP contribution in [-0.2, 0) is 13.6 Å². The molecule has 1 saturated carbocycles. The summed E-state index contributed by atoms with van der Waals surface area (Å²) >= 11 is 0. The smallest absolute Gasteiger partial charge is 0.203 e. The van der Waals surface area contributed by atoms with Crippen LogP contribution in [0.15, 0.2) is 18.6 Å². The van der Waals surface area contributed by atoms with Crippen LogP contribution in [-0.4, -0.2) is 19.3 Å². The number of aryl methyl sites for hydroxylation is 2. The van der Waals surface area contributed by atoms with E-state index in [1.807, 2.05) is 24.1 Å². The highest BCUT2D eigenvalue weighted by Crippen LogP contribution is 2.32. The van der Waals surface area contributed by atoms with Gasteiger partial charge in [-0.25, -0.2) is 4.98 Å². The first-order valence-electron chi connectivity index (χ1n) is 6.99. The lowest BCUT2D eigenvalue weighted by Crippen LogP contribution is -2.10. The van der Waals surface area contributed by atoms with E-state index in [-0.39, 0.29) is 0 Å². The molecular weight excluding hydrogens is 238 g/mol. The first-order chi connectivity index (χ1) is 9.22. The largest absolute Gasteiger partial charge is 0.351 e. The number of imidazole rings is 1. The third-order valence-corrected chi connectivity index (χ3v) is 3.78. The van der Waals surface area contributed by atoms with Crippen LogP contribution in [0.1, 0.15) is 43.0 Å². The minimum atomic E-state index is 0.623. The summed E-state index contributed by atoms with van der Waals surface area (Å²) in [7, 11) is 1.94. The van der Waals surface area contributed by atoms with Crippen LogP contribution in [0.3, 0.4) is 0 Å². The van der Waals surface area contributed by atoms with Gasteiger partial charge in [0.15, 0.2) is 0 Å². The van der Waals surface area contributed by atoms with E-state index in [0.717, 1.165) is 18.2 Å². The molecule has 1 fully saturated rings. The van der Waals surface area contributed by atoms with Gasteiger partial charge in [-0.1, -0.05) is 12.8 Å². The van der Waals surface area contributed by atoms with Gasteiger partial charge < -0.3 is 9.88 Å². The van der Waals surface area contributed by atoms with E-state index in [1.54, 1.807) is 0 Å². The molecule has 0 saturated heterocycles. The van der Waals surface area contributed by atoms with Gasteiger partial charge in [-0.2, -0.15) is 5.10 Å². The molecule has 0 radical (unpaired) electrons. The Morgan fingerprint density at radius 3 is 2.79 bits per heavy atom. The fraction of sp³-hybridized carbons (Fsp3) is 0.571. The van der Waals surface area contributed by atoms with Gasteiger partial charge in [-0.15, -0.1) is 0 Å². The van der Waals surface area contributed by atoms with E-state index >= 15 is 0 Å². The first-order valence-corrected chi connectivity index (χ1v) is 6.99. The minimum Gasteiger partial charge on any atom is -0.351 e. The van der Waals surface area contributed by atoms with Gasteiger partial charge in [0.2, 0.25) is 5.95 Å². The van der Waals surface area contributed by atoms with Crippen LogP contribution in [0.25, 0.3) is 0 Å². The maximum absolute atomic E-state index is 4.60. The van der Waals surface area contributed by atoms with Crippen molar-refractivity contribution in [2.75, 3.05) is 5.32 Å². The Hall–Kier alpha value is -1.78. The van der Waals surface area contributed by atoms with E-state index in [4.69, 9.17) is 0 Å². The molecular formula is C14H21N5. The molecule has 2 aromatic rings. The van der Waals surface area contributed by atoms with E-state index in [1.165, 1.54) is 31.2 Å². The second-order valence-electron chi connectivity index (χ2n) is 5.43. The van der Waals surface area contributed by atoms with Crippen molar-refractivity contribution in [1.82, 2.24) is 19.3 Å². The molecule has 2 heterocycles. The molecule has 102 valence electrons. The zero-order chi connectivity index (χ0) is 13.2. The van der Waals surface area contributed by atoms with E-state index < -0.39 is 0 Å². The number of rotatable bonds is 4. The van der Waals surface area contributed by atoms with Crippen molar-refractivity contribution in [2.45, 2.75) is 45.2 Å². The highest BCUT2D eigenvalue weighted by Gasteiger charge is 2.20. The Bertz CT molecular complexity index is 548. The molecule has 5 nitrogen and oxygen atoms in total. The number of aromatic nitrogens is 4. The molecule has 1 aliphatic rings. The fourth-order valence-electron chi connectivity index (χ4n) is 2.85. The van der Waals surface area contributed by atoms with Crippen LogP contribution in [0.4, 0.5) is 5.95 Å². The molecule has 5 heteroatoms. The van der Waals surface area contributed by atoms with Crippen molar-refractivity contribution in [3.63, 3.8) is 0 Å². The Balaban J connectivity index is 1.73. The molecule has 0 bridgehead atoms. The summed E-state index contributed by atoms with van der Waals surface area (Å²) in [6.07, 6.45) is 11.3. The second-order valence-corrected chi connectivity index (χ2v) is 5.43. The normalized spacial score (nSPS) is 16.1. The van der Waals surface area contributed by atoms with Gasteiger partial charge in [0.25, 0.3) is 0 Å². The van der Waals surface area contributed by atoms with E-state index in [2.05, 4.69) is 33.1 Å². The molecule has 0 aliphatic heterocycles. The highest BCUT2D eigenvalue weighted by molar-refractivity contribution is 5.31. The van der Waals surface area contributed by atoms with Crippen molar-refractivity contribution in [2.24, 2.45) is 7.05 Å². The molecule has 2 aromatic heterocycles. The topological polar surface area (TPSA) is 47.7 Å². The van der Waals surface area contributed by atoms with Gasteiger partial charge in [0.05, 0.1) is 11.9 Å². The van der Waals surface area contributed by atoms with Gasteiger partial charge in [-0.05, 0) is 19.8 Å². The van der Waals surface area contributed by atoms with Crippen LogP contribution in [0.2, 0.25) is 0 Å². The molecule has 0 atom stereocenters. The lowest BCUT2D eigenvalue weighted by atomic mass is 10.2. The Morgan fingerprint density at radius 2 is 2.11 bits per heavy atom. The average Bonchev–Trinajstić information content (AvgIpc) is 3.07. The van der Waals surface area contributed by atoms with Crippen molar-refractivity contribution >= 4 is 5.95 Å². The molecule has 0 aromatic carbocycles. The van der Waals surface area contributed by atoms with Gasteiger partial charge in [0, 0.05) is 37.6 Å². The van der Waals surface area contributed by atoms with Gasteiger partial charge >= 0.3 is 0 Å². The van der Waals surface area contributed by atoms with Crippen molar-refractivity contribution in [1.29, 1.82) is 0 Å². The third kappa shape index (κ3) is 2.64. The van der Waals surface area contributed by atoms with Crippen LogP contribution in [0.5, 0.6) is 0 Å². The Labute approximate surface area is 113 Å². The highest BCUT2D eigenvalue weighted by atomic mass is 15.2. The van der Waals surface area contributed by atoms with Crippen LogP contribution < -0.4 is 5.32 Å². The van der Waals surface area contributed by atoms with Crippen LogP contribution in [0, 0.1) is 6.92 Å². The summed E-state index contributed by atoms with van der Waals surface area (Å²) in [6.45, 7) is 2.83. The van der Waals surface area contributed by atoms with Crippen LogP contribution >= 0.6 is 0 Å². The fourth-order valence-corrected chi connectivity index (χ4v) is 2.85. The van der Waals surface area contributed by atoms with Gasteiger partial charge in [0.1, 0.15) is 0 Å². The Morgan fingerprint density at radius 1 is 1.32 bits per heavy atom. The molecule has 0 spiro atoms. The molecule has 19 heavy (non-hydrogen) atoms. The zero-order valence-corrected chi connectivity index (χ0v) is 11.6. The van der Waals surface area contributed by atoms with E-state index in [0.29, 0.717) is 6.04 Å². The van der Waals surface area contributed by atoms with E-state index in [9.17, 15) is 0 Å². The predicted octanol–water partition coefficient (Wildman–Crippen LogP) is 2.65. The number of anilines is 1. The standard InChI is InChI=1S/C14H21N5/c1-11-9-19(13-5-3-4-6-13)14(17-11)15-7-12-8-16-18(2)10-12/h8-10,13H,3-7H2,1-2H3,(H,15,17). The van der Waals surface area contributed by atoms with Gasteiger partial charge in [-0.3, -0.25) is 4.68 Å². The summed E-state index contributed by atoms with van der Waals surface area (Å²) in [5, 5.41) is 7.62. The monoisotopic (exact) mass is 259 g/mol. The molecule has 0 unspecified atom stereocenters. The Kier molecular flexibility index (Phi) is 3.27. The lowest BCUT2D eigenvalue weighted by molar-refractivity contribution is 0.522. The summed E-state index contributed by atoms with van der Waals surface area (Å²) in [5.74, 6) is 0.994. The maximum Gasteiger partial charge on any atom is 0.203 e. The second kappa shape index (κ2) is 5.07. The van der Waals surface area contributed by atoms with Crippen molar-refractivity contribution in [3.8, 4) is 0 Å². The first kappa shape index (κ1) is 12.3. The molecule has 0 amide bonds. The summed E-state index contributed by atoms with van der Waals surface area (Å²) in [5.41, 5.74) is 2.27. The lowest BCUT2D eigenvalue weighted by Gasteiger charge is -2.15.